The van der Waals surface area contributed by atoms with Gasteiger partial charge in [-0.2, -0.15) is 0 Å². The largest absolute Gasteiger partial charge is 0.354 e. The van der Waals surface area contributed by atoms with Gasteiger partial charge in [-0.25, -0.2) is 8.42 Å². The molecule has 1 N–H and O–H groups in total. The van der Waals surface area contributed by atoms with Crippen molar-refractivity contribution in [2.75, 3.05) is 17.4 Å². The Balaban J connectivity index is 1.80. The van der Waals surface area contributed by atoms with E-state index in [1.807, 2.05) is 93.6 Å². The number of hydrogen-bond acceptors (Lipinski definition) is 4. The predicted molar refractivity (Wildman–Crippen MR) is 180 cm³/mol. The maximum absolute atomic E-state index is 14.5. The van der Waals surface area contributed by atoms with Gasteiger partial charge in [-0.15, -0.1) is 0 Å². The van der Waals surface area contributed by atoms with Crippen LogP contribution in [0.15, 0.2) is 108 Å². The van der Waals surface area contributed by atoms with Crippen molar-refractivity contribution in [2.45, 2.75) is 64.4 Å². The van der Waals surface area contributed by atoms with E-state index >= 15 is 0 Å². The normalized spacial score (nSPS) is 11.9. The van der Waals surface area contributed by atoms with Crippen LogP contribution >= 0.6 is 0 Å². The van der Waals surface area contributed by atoms with Gasteiger partial charge >= 0.3 is 0 Å². The second kappa shape index (κ2) is 15.5. The summed E-state index contributed by atoms with van der Waals surface area (Å²) < 4.78 is 29.7. The smallest absolute Gasteiger partial charge is 0.264 e. The number of nitrogens with one attached hydrogen (secondary N) is 1. The Hall–Kier alpha value is -4.43. The lowest BCUT2D eigenvalue weighted by Crippen LogP contribution is -2.53. The quantitative estimate of drug-likeness (QED) is 0.165. The highest BCUT2D eigenvalue weighted by Gasteiger charge is 2.35. The molecule has 0 fully saturated rings. The minimum absolute atomic E-state index is 0.0913. The van der Waals surface area contributed by atoms with Crippen molar-refractivity contribution in [1.29, 1.82) is 0 Å². The van der Waals surface area contributed by atoms with Gasteiger partial charge in [-0.05, 0) is 62.1 Å². The summed E-state index contributed by atoms with van der Waals surface area (Å²) in [6.45, 7) is 7.88. The van der Waals surface area contributed by atoms with E-state index in [0.29, 0.717) is 12.2 Å². The molecular formula is C37H43N3O4S. The van der Waals surface area contributed by atoms with Crippen molar-refractivity contribution in [1.82, 2.24) is 10.2 Å². The lowest BCUT2D eigenvalue weighted by Gasteiger charge is -2.34. The van der Waals surface area contributed by atoms with Crippen LogP contribution in [0, 0.1) is 20.8 Å². The molecule has 0 radical (unpaired) electrons. The van der Waals surface area contributed by atoms with Gasteiger partial charge in [0.05, 0.1) is 10.6 Å². The zero-order valence-electron chi connectivity index (χ0n) is 26.6. The van der Waals surface area contributed by atoms with E-state index in [1.165, 1.54) is 9.21 Å². The first-order chi connectivity index (χ1) is 21.6. The fourth-order valence-electron chi connectivity index (χ4n) is 5.28. The van der Waals surface area contributed by atoms with Gasteiger partial charge in [0.15, 0.2) is 0 Å². The van der Waals surface area contributed by atoms with Crippen LogP contribution in [0.4, 0.5) is 5.69 Å². The fourth-order valence-corrected chi connectivity index (χ4v) is 6.75. The third-order valence-electron chi connectivity index (χ3n) is 7.81. The summed E-state index contributed by atoms with van der Waals surface area (Å²) in [6.07, 6.45) is 2.01. The lowest BCUT2D eigenvalue weighted by molar-refractivity contribution is -0.140. The van der Waals surface area contributed by atoms with E-state index in [1.54, 1.807) is 30.3 Å². The van der Waals surface area contributed by atoms with Crippen LogP contribution in [0.3, 0.4) is 0 Å². The maximum Gasteiger partial charge on any atom is 0.264 e. The summed E-state index contributed by atoms with van der Waals surface area (Å²) in [4.78, 5) is 30.0. The standard InChI is InChI=1S/C37H43N3O4S/c1-5-6-23-38-37(42)35(25-31-13-9-7-10-14-31)39(26-32-15-11-8-12-16-32)36(41)27-40(34-22-19-29(3)24-30(34)4)45(43,44)33-20-17-28(2)18-21-33/h7-22,24,35H,5-6,23,25-27H2,1-4H3,(H,38,42)/t35-/m1/s1. The number of unbranched alkanes of at least 4 members (excludes halogenated alkanes) is 1. The number of hydrogen-bond donors (Lipinski definition) is 1. The highest BCUT2D eigenvalue weighted by atomic mass is 32.2. The number of aryl methyl sites for hydroxylation is 3. The Bertz CT molecular complexity index is 1670. The average Bonchev–Trinajstić information content (AvgIpc) is 3.03. The summed E-state index contributed by atoms with van der Waals surface area (Å²) in [6, 6.07) is 30.3. The molecule has 0 aromatic heterocycles. The zero-order valence-corrected chi connectivity index (χ0v) is 27.4. The average molecular weight is 626 g/mol. The van der Waals surface area contributed by atoms with Gasteiger partial charge in [-0.1, -0.05) is 109 Å². The first-order valence-corrected chi connectivity index (χ1v) is 16.9. The van der Waals surface area contributed by atoms with E-state index < -0.39 is 28.5 Å². The van der Waals surface area contributed by atoms with Crippen LogP contribution in [0.1, 0.15) is 47.6 Å². The van der Waals surface area contributed by atoms with E-state index in [0.717, 1.165) is 40.7 Å². The highest BCUT2D eigenvalue weighted by Crippen LogP contribution is 2.28. The molecule has 0 spiro atoms. The molecule has 7 nitrogen and oxygen atoms in total. The minimum Gasteiger partial charge on any atom is -0.354 e. The second-order valence-corrected chi connectivity index (χ2v) is 13.3. The Morgan fingerprint density at radius 3 is 1.98 bits per heavy atom. The lowest BCUT2D eigenvalue weighted by atomic mass is 10.0. The molecule has 8 heteroatoms. The molecule has 4 aromatic carbocycles. The Kier molecular flexibility index (Phi) is 11.5. The van der Waals surface area contributed by atoms with Crippen molar-refractivity contribution in [3.63, 3.8) is 0 Å². The van der Waals surface area contributed by atoms with E-state index in [2.05, 4.69) is 12.2 Å². The highest BCUT2D eigenvalue weighted by molar-refractivity contribution is 7.92. The SMILES string of the molecule is CCCCNC(=O)[C@@H](Cc1ccccc1)N(Cc1ccccc1)C(=O)CN(c1ccc(C)cc1C)S(=O)(=O)c1ccc(C)cc1. The van der Waals surface area contributed by atoms with Gasteiger partial charge in [0, 0.05) is 19.5 Å². The Labute approximate surface area is 268 Å². The number of anilines is 1. The second-order valence-electron chi connectivity index (χ2n) is 11.5. The van der Waals surface area contributed by atoms with Crippen LogP contribution in [0.5, 0.6) is 0 Å². The monoisotopic (exact) mass is 625 g/mol. The molecule has 0 heterocycles. The summed E-state index contributed by atoms with van der Waals surface area (Å²) in [5.74, 6) is -0.739. The maximum atomic E-state index is 14.5. The molecule has 0 bridgehead atoms. The van der Waals surface area contributed by atoms with Gasteiger partial charge in [0.25, 0.3) is 10.0 Å². The summed E-state index contributed by atoms with van der Waals surface area (Å²) in [7, 11) is -4.14. The van der Waals surface area contributed by atoms with Crippen LogP contribution < -0.4 is 9.62 Å². The number of carbonyl (C=O) groups excluding carboxylic acids is 2. The number of sulfonamides is 1. The van der Waals surface area contributed by atoms with E-state index in [-0.39, 0.29) is 23.8 Å². The first-order valence-electron chi connectivity index (χ1n) is 15.4. The predicted octanol–water partition coefficient (Wildman–Crippen LogP) is 6.36. The Morgan fingerprint density at radius 1 is 0.778 bits per heavy atom. The third kappa shape index (κ3) is 8.82. The first kappa shape index (κ1) is 33.5. The number of benzene rings is 4. The summed E-state index contributed by atoms with van der Waals surface area (Å²) in [5.41, 5.74) is 4.79. The van der Waals surface area contributed by atoms with E-state index in [4.69, 9.17) is 0 Å². The van der Waals surface area contributed by atoms with Crippen LogP contribution in [0.2, 0.25) is 0 Å². The molecule has 4 rings (SSSR count). The number of rotatable bonds is 14. The van der Waals surface area contributed by atoms with Gasteiger partial charge in [0.2, 0.25) is 11.8 Å². The molecule has 2 amide bonds. The minimum atomic E-state index is -4.14. The van der Waals surface area contributed by atoms with Gasteiger partial charge in [-0.3, -0.25) is 13.9 Å². The van der Waals surface area contributed by atoms with Crippen molar-refractivity contribution >= 4 is 27.5 Å². The molecule has 0 aliphatic carbocycles. The van der Waals surface area contributed by atoms with Crippen molar-refractivity contribution in [3.8, 4) is 0 Å². The number of amides is 2. The topological polar surface area (TPSA) is 86.8 Å². The molecule has 0 saturated carbocycles. The van der Waals surface area contributed by atoms with E-state index in [9.17, 15) is 18.0 Å². The fraction of sp³-hybridized carbons (Fsp3) is 0.297. The van der Waals surface area contributed by atoms with Crippen LogP contribution in [0.25, 0.3) is 0 Å². The van der Waals surface area contributed by atoms with Crippen LogP contribution in [-0.4, -0.2) is 44.3 Å². The van der Waals surface area contributed by atoms with Crippen LogP contribution in [-0.2, 0) is 32.6 Å². The molecule has 4 aromatic rings. The molecule has 1 atom stereocenters. The summed E-state index contributed by atoms with van der Waals surface area (Å²) in [5, 5.41) is 3.02. The van der Waals surface area contributed by atoms with Crippen molar-refractivity contribution in [2.24, 2.45) is 0 Å². The molecule has 0 aliphatic heterocycles. The number of nitrogens with zero attached hydrogens (tertiary/aromatic N) is 2. The molecule has 0 saturated heterocycles. The van der Waals surface area contributed by atoms with Gasteiger partial charge < -0.3 is 10.2 Å². The summed E-state index contributed by atoms with van der Waals surface area (Å²) >= 11 is 0. The van der Waals surface area contributed by atoms with Gasteiger partial charge in [0.1, 0.15) is 12.6 Å². The molecule has 0 aliphatic rings. The van der Waals surface area contributed by atoms with Crippen molar-refractivity contribution < 1.29 is 18.0 Å². The Morgan fingerprint density at radius 2 is 1.38 bits per heavy atom. The molecule has 0 unspecified atom stereocenters. The molecule has 236 valence electrons. The zero-order chi connectivity index (χ0) is 32.4. The van der Waals surface area contributed by atoms with Crippen molar-refractivity contribution in [3.05, 3.63) is 131 Å². The third-order valence-corrected chi connectivity index (χ3v) is 9.58. The number of carbonyl (C=O) groups is 2. The molecular weight excluding hydrogens is 582 g/mol. The molecule has 45 heavy (non-hydrogen) atoms.